The fraction of sp³-hybridized carbons (Fsp3) is 0.632. The van der Waals surface area contributed by atoms with E-state index in [9.17, 15) is 4.39 Å². The average molecular weight is 389 g/mol. The van der Waals surface area contributed by atoms with Crippen LogP contribution in [0.3, 0.4) is 0 Å². The molecule has 2 aliphatic heterocycles. The first-order chi connectivity index (χ1) is 13.5. The SMILES string of the molecule is Cc1cnc2nc1NC(C)CCOc1nn(CCN3CCC(F)C3)c(C)c1N2. The fourth-order valence-electron chi connectivity index (χ4n) is 3.60. The lowest BCUT2D eigenvalue weighted by Crippen LogP contribution is -2.26. The second-order valence-electron chi connectivity index (χ2n) is 7.71. The summed E-state index contributed by atoms with van der Waals surface area (Å²) in [5.74, 6) is 1.89. The number of nitrogens with one attached hydrogen (secondary N) is 2. The van der Waals surface area contributed by atoms with Crippen LogP contribution in [0.1, 0.15) is 31.0 Å². The van der Waals surface area contributed by atoms with Crippen LogP contribution < -0.4 is 15.4 Å². The Kier molecular flexibility index (Phi) is 5.34. The monoisotopic (exact) mass is 389 g/mol. The second kappa shape index (κ2) is 7.90. The molecule has 2 aliphatic rings. The number of hydrogen-bond acceptors (Lipinski definition) is 7. The molecule has 4 heterocycles. The quantitative estimate of drug-likeness (QED) is 0.835. The molecule has 152 valence electrons. The summed E-state index contributed by atoms with van der Waals surface area (Å²) in [5, 5.41) is 11.3. The lowest BCUT2D eigenvalue weighted by molar-refractivity contribution is 0.268. The zero-order valence-corrected chi connectivity index (χ0v) is 16.7. The van der Waals surface area contributed by atoms with Crippen LogP contribution in [0, 0.1) is 13.8 Å². The van der Waals surface area contributed by atoms with Gasteiger partial charge in [0.1, 0.15) is 17.7 Å². The van der Waals surface area contributed by atoms with Gasteiger partial charge in [-0.3, -0.25) is 9.58 Å². The maximum absolute atomic E-state index is 13.4. The molecule has 4 rings (SSSR count). The zero-order chi connectivity index (χ0) is 19.7. The van der Waals surface area contributed by atoms with E-state index < -0.39 is 6.17 Å². The van der Waals surface area contributed by atoms with Crippen molar-refractivity contribution in [2.45, 2.75) is 52.4 Å². The van der Waals surface area contributed by atoms with E-state index in [0.717, 1.165) is 42.3 Å². The maximum atomic E-state index is 13.4. The molecule has 2 bridgehead atoms. The van der Waals surface area contributed by atoms with E-state index in [4.69, 9.17) is 4.74 Å². The Labute approximate surface area is 164 Å². The van der Waals surface area contributed by atoms with Crippen molar-refractivity contribution in [1.29, 1.82) is 0 Å². The van der Waals surface area contributed by atoms with Gasteiger partial charge in [0.05, 0.1) is 18.8 Å². The van der Waals surface area contributed by atoms with Crippen LogP contribution in [-0.4, -0.2) is 63.1 Å². The summed E-state index contributed by atoms with van der Waals surface area (Å²) in [7, 11) is 0. The van der Waals surface area contributed by atoms with Crippen LogP contribution in [0.4, 0.5) is 21.8 Å². The highest BCUT2D eigenvalue weighted by molar-refractivity contribution is 5.64. The first-order valence-corrected chi connectivity index (χ1v) is 9.93. The number of aryl methyl sites for hydroxylation is 1. The second-order valence-corrected chi connectivity index (χ2v) is 7.71. The number of ether oxygens (including phenoxy) is 1. The third-order valence-corrected chi connectivity index (χ3v) is 5.40. The van der Waals surface area contributed by atoms with Crippen molar-refractivity contribution in [3.8, 4) is 5.88 Å². The number of alkyl halides is 1. The normalized spacial score (nSPS) is 22.6. The van der Waals surface area contributed by atoms with Crippen molar-refractivity contribution in [2.24, 2.45) is 0 Å². The third kappa shape index (κ3) is 4.04. The summed E-state index contributed by atoms with van der Waals surface area (Å²) < 4.78 is 21.3. The van der Waals surface area contributed by atoms with Gasteiger partial charge in [-0.15, -0.1) is 5.10 Å². The summed E-state index contributed by atoms with van der Waals surface area (Å²) in [4.78, 5) is 11.2. The fourth-order valence-corrected chi connectivity index (χ4v) is 3.60. The molecule has 2 aromatic rings. The van der Waals surface area contributed by atoms with Crippen LogP contribution in [0.25, 0.3) is 0 Å². The minimum absolute atomic E-state index is 0.218. The molecule has 0 amide bonds. The van der Waals surface area contributed by atoms with Crippen molar-refractivity contribution >= 4 is 17.5 Å². The maximum Gasteiger partial charge on any atom is 0.257 e. The largest absolute Gasteiger partial charge is 0.475 e. The minimum atomic E-state index is -0.705. The summed E-state index contributed by atoms with van der Waals surface area (Å²) >= 11 is 0. The molecular formula is C19H28FN7O. The molecule has 0 radical (unpaired) electrons. The van der Waals surface area contributed by atoms with Crippen LogP contribution in [-0.2, 0) is 6.54 Å². The molecule has 9 heteroatoms. The van der Waals surface area contributed by atoms with Gasteiger partial charge in [-0.2, -0.15) is 4.98 Å². The van der Waals surface area contributed by atoms with Crippen LogP contribution in [0.5, 0.6) is 5.88 Å². The van der Waals surface area contributed by atoms with Crippen molar-refractivity contribution < 1.29 is 9.13 Å². The number of fused-ring (bicyclic) bond motifs is 3. The van der Waals surface area contributed by atoms with Crippen LogP contribution in [0.15, 0.2) is 6.20 Å². The van der Waals surface area contributed by atoms with Crippen molar-refractivity contribution in [1.82, 2.24) is 24.6 Å². The Balaban J connectivity index is 1.58. The van der Waals surface area contributed by atoms with Gasteiger partial charge in [0.25, 0.3) is 5.88 Å². The van der Waals surface area contributed by atoms with E-state index in [1.807, 2.05) is 24.7 Å². The first-order valence-electron chi connectivity index (χ1n) is 9.93. The molecule has 8 nitrogen and oxygen atoms in total. The molecular weight excluding hydrogens is 361 g/mol. The van der Waals surface area contributed by atoms with E-state index in [-0.39, 0.29) is 6.04 Å². The average Bonchev–Trinajstić information content (AvgIpc) is 3.19. The summed E-state index contributed by atoms with van der Waals surface area (Å²) in [6.45, 7) is 9.43. The standard InChI is InChI=1S/C19H28FN7O/c1-12-10-21-19-23-16-14(3)27(8-7-26-6-4-15(20)11-26)25-18(16)28-9-5-13(2)22-17(12)24-19/h10,13,15H,4-9,11H2,1-3H3,(H2,21,22,23,24). The number of nitrogens with zero attached hydrogens (tertiary/aromatic N) is 5. The number of hydrogen-bond donors (Lipinski definition) is 2. The highest BCUT2D eigenvalue weighted by atomic mass is 19.1. The molecule has 0 saturated carbocycles. The van der Waals surface area contributed by atoms with Gasteiger partial charge in [-0.05, 0) is 27.2 Å². The van der Waals surface area contributed by atoms with Crippen molar-refractivity contribution in [3.05, 3.63) is 17.5 Å². The molecule has 2 unspecified atom stereocenters. The first kappa shape index (κ1) is 18.9. The van der Waals surface area contributed by atoms with Gasteiger partial charge in [0, 0.05) is 43.9 Å². The molecule has 0 aliphatic carbocycles. The zero-order valence-electron chi connectivity index (χ0n) is 16.7. The Hall–Kier alpha value is -2.42. The lowest BCUT2D eigenvalue weighted by atomic mass is 10.2. The Bertz CT molecular complexity index is 840. The van der Waals surface area contributed by atoms with Crippen LogP contribution >= 0.6 is 0 Å². The van der Waals surface area contributed by atoms with Crippen molar-refractivity contribution in [3.63, 3.8) is 0 Å². The smallest absolute Gasteiger partial charge is 0.257 e. The van der Waals surface area contributed by atoms with E-state index in [0.29, 0.717) is 37.9 Å². The summed E-state index contributed by atoms with van der Waals surface area (Å²) in [6.07, 6.45) is 2.56. The summed E-state index contributed by atoms with van der Waals surface area (Å²) in [6, 6.07) is 0.218. The van der Waals surface area contributed by atoms with E-state index in [2.05, 4.69) is 37.5 Å². The van der Waals surface area contributed by atoms with E-state index >= 15 is 0 Å². The molecule has 2 N–H and O–H groups in total. The van der Waals surface area contributed by atoms with Gasteiger partial charge >= 0.3 is 0 Å². The molecule has 0 aromatic carbocycles. The van der Waals surface area contributed by atoms with Gasteiger partial charge < -0.3 is 15.4 Å². The highest BCUT2D eigenvalue weighted by Crippen LogP contribution is 2.31. The van der Waals surface area contributed by atoms with E-state index in [1.165, 1.54) is 0 Å². The highest BCUT2D eigenvalue weighted by Gasteiger charge is 2.23. The van der Waals surface area contributed by atoms with Gasteiger partial charge in [0.2, 0.25) is 5.95 Å². The van der Waals surface area contributed by atoms with Gasteiger partial charge in [0.15, 0.2) is 0 Å². The Morgan fingerprint density at radius 3 is 2.93 bits per heavy atom. The lowest BCUT2D eigenvalue weighted by Gasteiger charge is -2.16. The van der Waals surface area contributed by atoms with Crippen LogP contribution in [0.2, 0.25) is 0 Å². The van der Waals surface area contributed by atoms with Gasteiger partial charge in [-0.25, -0.2) is 9.37 Å². The molecule has 2 atom stereocenters. The Morgan fingerprint density at radius 2 is 2.14 bits per heavy atom. The molecule has 28 heavy (non-hydrogen) atoms. The molecule has 0 spiro atoms. The topological polar surface area (TPSA) is 80.1 Å². The Morgan fingerprint density at radius 1 is 1.29 bits per heavy atom. The number of anilines is 3. The van der Waals surface area contributed by atoms with Crippen molar-refractivity contribution in [2.75, 3.05) is 36.9 Å². The molecule has 2 aromatic heterocycles. The predicted octanol–water partition coefficient (Wildman–Crippen LogP) is 2.66. The number of likely N-dealkylation sites (tertiary alicyclic amines) is 1. The molecule has 1 fully saturated rings. The number of aromatic nitrogens is 4. The third-order valence-electron chi connectivity index (χ3n) is 5.40. The minimum Gasteiger partial charge on any atom is -0.475 e. The molecule has 1 saturated heterocycles. The predicted molar refractivity (Wildman–Crippen MR) is 106 cm³/mol. The number of halogens is 1. The number of rotatable bonds is 3. The summed E-state index contributed by atoms with van der Waals surface area (Å²) in [5.41, 5.74) is 2.74. The van der Waals surface area contributed by atoms with Gasteiger partial charge in [-0.1, -0.05) is 0 Å². The van der Waals surface area contributed by atoms with E-state index in [1.54, 1.807) is 0 Å².